The summed E-state index contributed by atoms with van der Waals surface area (Å²) >= 11 is 1.41. The van der Waals surface area contributed by atoms with Crippen molar-refractivity contribution in [2.75, 3.05) is 30.3 Å². The maximum Gasteiger partial charge on any atom is 0.233 e. The van der Waals surface area contributed by atoms with E-state index in [1.165, 1.54) is 23.9 Å². The van der Waals surface area contributed by atoms with Gasteiger partial charge >= 0.3 is 0 Å². The summed E-state index contributed by atoms with van der Waals surface area (Å²) < 4.78 is 20.8. The summed E-state index contributed by atoms with van der Waals surface area (Å²) in [7, 11) is 0. The molecule has 0 N–H and O–H groups in total. The van der Waals surface area contributed by atoms with Gasteiger partial charge in [-0.2, -0.15) is 0 Å². The van der Waals surface area contributed by atoms with Crippen LogP contribution < -0.4 is 4.90 Å². The standard InChI is InChI=1S/C18H22FN5O2S/c1-12-9-22(10-13(2)26-12)16(25)11-27-18-21-20-17-23(7-8-24(17)18)15-5-3-14(19)4-6-15/h3-6,12-13H,7-11H2,1-2H3/t12-,13+. The molecular weight excluding hydrogens is 369 g/mol. The number of nitrogens with zero attached hydrogens (tertiary/aromatic N) is 5. The van der Waals surface area contributed by atoms with Crippen LogP contribution >= 0.6 is 11.8 Å². The van der Waals surface area contributed by atoms with Crippen LogP contribution in [-0.2, 0) is 16.1 Å². The third-order valence-electron chi connectivity index (χ3n) is 4.72. The number of thioether (sulfide) groups is 1. The maximum atomic E-state index is 13.2. The molecule has 7 nitrogen and oxygen atoms in total. The van der Waals surface area contributed by atoms with Crippen molar-refractivity contribution in [2.24, 2.45) is 0 Å². The van der Waals surface area contributed by atoms with Gasteiger partial charge < -0.3 is 14.5 Å². The Bertz CT molecular complexity index is 818. The first-order chi connectivity index (χ1) is 13.0. The number of amides is 1. The predicted octanol–water partition coefficient (Wildman–Crippen LogP) is 2.30. The van der Waals surface area contributed by atoms with Crippen molar-refractivity contribution < 1.29 is 13.9 Å². The van der Waals surface area contributed by atoms with Crippen molar-refractivity contribution in [3.63, 3.8) is 0 Å². The number of halogens is 1. The number of carbonyl (C=O) groups is 1. The number of aromatic nitrogens is 3. The van der Waals surface area contributed by atoms with Gasteiger partial charge in [0.05, 0.1) is 18.0 Å². The topological polar surface area (TPSA) is 63.5 Å². The van der Waals surface area contributed by atoms with E-state index in [1.54, 1.807) is 12.1 Å². The highest BCUT2D eigenvalue weighted by Crippen LogP contribution is 2.32. The van der Waals surface area contributed by atoms with Gasteiger partial charge in [-0.1, -0.05) is 11.8 Å². The number of ether oxygens (including phenoxy) is 1. The summed E-state index contributed by atoms with van der Waals surface area (Å²) in [5, 5.41) is 9.25. The number of benzene rings is 1. The molecule has 1 amide bonds. The summed E-state index contributed by atoms with van der Waals surface area (Å²) in [6, 6.07) is 6.34. The zero-order valence-corrected chi connectivity index (χ0v) is 16.2. The Morgan fingerprint density at radius 2 is 1.89 bits per heavy atom. The van der Waals surface area contributed by atoms with Crippen LogP contribution in [0.25, 0.3) is 0 Å². The Hall–Kier alpha value is -2.13. The van der Waals surface area contributed by atoms with Gasteiger partial charge in [0, 0.05) is 31.9 Å². The highest BCUT2D eigenvalue weighted by molar-refractivity contribution is 7.99. The normalized spacial score (nSPS) is 22.2. The maximum absolute atomic E-state index is 13.2. The van der Waals surface area contributed by atoms with E-state index in [9.17, 15) is 9.18 Å². The lowest BCUT2D eigenvalue weighted by Gasteiger charge is -2.35. The lowest BCUT2D eigenvalue weighted by Crippen LogP contribution is -2.48. The van der Waals surface area contributed by atoms with Crippen LogP contribution in [0.4, 0.5) is 16.0 Å². The number of anilines is 2. The Kier molecular flexibility index (Phi) is 5.05. The van der Waals surface area contributed by atoms with Crippen molar-refractivity contribution in [3.05, 3.63) is 30.1 Å². The lowest BCUT2D eigenvalue weighted by molar-refractivity contribution is -0.140. The van der Waals surface area contributed by atoms with Crippen LogP contribution in [0.3, 0.4) is 0 Å². The van der Waals surface area contributed by atoms with E-state index in [0.717, 1.165) is 29.9 Å². The zero-order valence-electron chi connectivity index (χ0n) is 15.3. The molecule has 2 atom stereocenters. The number of carbonyl (C=O) groups excluding carboxylic acids is 1. The number of hydrogen-bond donors (Lipinski definition) is 0. The number of fused-ring (bicyclic) bond motifs is 1. The third kappa shape index (κ3) is 3.79. The molecule has 0 bridgehead atoms. The van der Waals surface area contributed by atoms with Crippen molar-refractivity contribution >= 4 is 29.3 Å². The second kappa shape index (κ2) is 7.47. The summed E-state index contributed by atoms with van der Waals surface area (Å²) in [5.41, 5.74) is 0.881. The highest BCUT2D eigenvalue weighted by Gasteiger charge is 2.28. The first kappa shape index (κ1) is 18.2. The van der Waals surface area contributed by atoms with Crippen LogP contribution in [0, 0.1) is 5.82 Å². The van der Waals surface area contributed by atoms with E-state index in [0.29, 0.717) is 18.8 Å². The Balaban J connectivity index is 1.41. The SMILES string of the molecule is C[C@@H]1CN(C(=O)CSc2nnc3n2CCN3c2ccc(F)cc2)C[C@H](C)O1. The average molecular weight is 391 g/mol. The van der Waals surface area contributed by atoms with Gasteiger partial charge in [-0.15, -0.1) is 10.2 Å². The average Bonchev–Trinajstić information content (AvgIpc) is 3.22. The summed E-state index contributed by atoms with van der Waals surface area (Å²) in [6.45, 7) is 6.70. The van der Waals surface area contributed by atoms with Gasteiger partial charge in [0.1, 0.15) is 5.82 Å². The van der Waals surface area contributed by atoms with Crippen LogP contribution in [0.1, 0.15) is 13.8 Å². The molecule has 1 fully saturated rings. The van der Waals surface area contributed by atoms with Gasteiger partial charge in [0.15, 0.2) is 5.16 Å². The second-order valence-electron chi connectivity index (χ2n) is 6.91. The van der Waals surface area contributed by atoms with E-state index >= 15 is 0 Å². The fourth-order valence-corrected chi connectivity index (χ4v) is 4.41. The molecule has 1 aromatic heterocycles. The largest absolute Gasteiger partial charge is 0.372 e. The van der Waals surface area contributed by atoms with E-state index in [2.05, 4.69) is 10.2 Å². The molecule has 0 unspecified atom stereocenters. The van der Waals surface area contributed by atoms with E-state index in [4.69, 9.17) is 4.74 Å². The summed E-state index contributed by atoms with van der Waals surface area (Å²) in [4.78, 5) is 16.4. The van der Waals surface area contributed by atoms with Gasteiger partial charge in [-0.3, -0.25) is 9.36 Å². The molecular formula is C18H22FN5O2S. The van der Waals surface area contributed by atoms with Crippen molar-refractivity contribution in [1.82, 2.24) is 19.7 Å². The minimum absolute atomic E-state index is 0.0595. The summed E-state index contributed by atoms with van der Waals surface area (Å²) in [5.74, 6) is 0.882. The number of hydrogen-bond acceptors (Lipinski definition) is 6. The van der Waals surface area contributed by atoms with Crippen LogP contribution in [0.15, 0.2) is 29.4 Å². The first-order valence-corrected chi connectivity index (χ1v) is 10.0. The minimum atomic E-state index is -0.263. The first-order valence-electron chi connectivity index (χ1n) is 9.03. The molecule has 1 saturated heterocycles. The molecule has 0 spiro atoms. The number of rotatable bonds is 4. The van der Waals surface area contributed by atoms with Crippen LogP contribution in [0.5, 0.6) is 0 Å². The molecule has 0 aliphatic carbocycles. The molecule has 27 heavy (non-hydrogen) atoms. The second-order valence-corrected chi connectivity index (χ2v) is 7.85. The Morgan fingerprint density at radius 3 is 2.59 bits per heavy atom. The fraction of sp³-hybridized carbons (Fsp3) is 0.500. The lowest BCUT2D eigenvalue weighted by atomic mass is 10.2. The Morgan fingerprint density at radius 1 is 1.19 bits per heavy atom. The molecule has 3 heterocycles. The van der Waals surface area contributed by atoms with Gasteiger partial charge in [0.2, 0.25) is 11.9 Å². The quantitative estimate of drug-likeness (QED) is 0.746. The molecule has 0 radical (unpaired) electrons. The molecule has 2 aromatic rings. The smallest absolute Gasteiger partial charge is 0.233 e. The van der Waals surface area contributed by atoms with Gasteiger partial charge in [-0.05, 0) is 38.1 Å². The molecule has 0 saturated carbocycles. The highest BCUT2D eigenvalue weighted by atomic mass is 32.2. The van der Waals surface area contributed by atoms with Gasteiger partial charge in [-0.25, -0.2) is 4.39 Å². The van der Waals surface area contributed by atoms with Crippen molar-refractivity contribution in [3.8, 4) is 0 Å². The zero-order chi connectivity index (χ0) is 19.0. The molecule has 2 aliphatic rings. The van der Waals surface area contributed by atoms with Gasteiger partial charge in [0.25, 0.3) is 0 Å². The summed E-state index contributed by atoms with van der Waals surface area (Å²) in [6.07, 6.45) is 0.119. The van der Waals surface area contributed by atoms with Crippen molar-refractivity contribution in [2.45, 2.75) is 37.8 Å². The molecule has 9 heteroatoms. The Labute approximate surface area is 161 Å². The van der Waals surface area contributed by atoms with Crippen LogP contribution in [-0.4, -0.2) is 63.2 Å². The third-order valence-corrected chi connectivity index (χ3v) is 5.67. The van der Waals surface area contributed by atoms with Crippen molar-refractivity contribution in [1.29, 1.82) is 0 Å². The van der Waals surface area contributed by atoms with E-state index in [-0.39, 0.29) is 23.9 Å². The molecule has 144 valence electrons. The molecule has 2 aliphatic heterocycles. The minimum Gasteiger partial charge on any atom is -0.372 e. The number of morpholine rings is 1. The molecule has 4 rings (SSSR count). The predicted molar refractivity (Wildman–Crippen MR) is 101 cm³/mol. The monoisotopic (exact) mass is 391 g/mol. The van der Waals surface area contributed by atoms with E-state index < -0.39 is 0 Å². The van der Waals surface area contributed by atoms with Crippen LogP contribution in [0.2, 0.25) is 0 Å². The molecule has 1 aromatic carbocycles. The fourth-order valence-electron chi connectivity index (χ4n) is 3.55. The van der Waals surface area contributed by atoms with E-state index in [1.807, 2.05) is 28.2 Å².